The molecule has 2 heterocycles. The van der Waals surface area contributed by atoms with Gasteiger partial charge in [-0.2, -0.15) is 0 Å². The van der Waals surface area contributed by atoms with E-state index in [4.69, 9.17) is 5.41 Å². The van der Waals surface area contributed by atoms with E-state index >= 15 is 0 Å². The zero-order valence-electron chi connectivity index (χ0n) is 9.43. The molecular formula is C12H14N4O. The molecule has 3 aliphatic rings. The standard InChI is InChI=1S/C12H14N4O/c13-10-3-4-11(15-6-1-2-7-15)9-5-8-16(17)14-12(9)10/h3-5,8,13,17H,1-2,6-7H2. The van der Waals surface area contributed by atoms with Crippen LogP contribution in [0.15, 0.2) is 24.4 Å². The molecule has 2 aliphatic heterocycles. The maximum absolute atomic E-state index is 9.32. The summed E-state index contributed by atoms with van der Waals surface area (Å²) >= 11 is 0. The molecule has 0 unspecified atom stereocenters. The van der Waals surface area contributed by atoms with Crippen LogP contribution in [-0.2, 0) is 0 Å². The molecular weight excluding hydrogens is 216 g/mol. The SMILES string of the molecule is N=c1ccc(N2CCCC2)c2ccn(O)nc1-2. The van der Waals surface area contributed by atoms with Gasteiger partial charge in [0.25, 0.3) is 0 Å². The van der Waals surface area contributed by atoms with Gasteiger partial charge in [-0.05, 0) is 31.0 Å². The first-order valence-electron chi connectivity index (χ1n) is 5.77. The highest BCUT2D eigenvalue weighted by Gasteiger charge is 2.19. The van der Waals surface area contributed by atoms with Gasteiger partial charge in [0.1, 0.15) is 5.69 Å². The summed E-state index contributed by atoms with van der Waals surface area (Å²) < 4.78 is 0. The molecule has 0 amide bonds. The van der Waals surface area contributed by atoms with Crippen molar-refractivity contribution in [1.29, 1.82) is 5.41 Å². The Kier molecular flexibility index (Phi) is 2.24. The summed E-state index contributed by atoms with van der Waals surface area (Å²) in [6, 6.07) is 5.52. The first kappa shape index (κ1) is 10.1. The van der Waals surface area contributed by atoms with Gasteiger partial charge in [-0.1, -0.05) is 0 Å². The lowest BCUT2D eigenvalue weighted by molar-refractivity contribution is 0.144. The summed E-state index contributed by atoms with van der Waals surface area (Å²) in [6.45, 7) is 2.11. The third kappa shape index (κ3) is 1.63. The van der Waals surface area contributed by atoms with E-state index in [0.717, 1.165) is 29.2 Å². The highest BCUT2D eigenvalue weighted by molar-refractivity contribution is 5.76. The molecule has 0 spiro atoms. The lowest BCUT2D eigenvalue weighted by Gasteiger charge is -2.21. The molecule has 5 heteroatoms. The number of rotatable bonds is 1. The maximum Gasteiger partial charge on any atom is 0.121 e. The van der Waals surface area contributed by atoms with E-state index in [-0.39, 0.29) is 0 Å². The number of anilines is 1. The number of hydrogen-bond donors (Lipinski definition) is 2. The highest BCUT2D eigenvalue weighted by Crippen LogP contribution is 2.30. The van der Waals surface area contributed by atoms with Crippen molar-refractivity contribution >= 4 is 5.69 Å². The second kappa shape index (κ2) is 3.76. The molecule has 17 heavy (non-hydrogen) atoms. The van der Waals surface area contributed by atoms with E-state index in [1.165, 1.54) is 19.0 Å². The highest BCUT2D eigenvalue weighted by atomic mass is 16.5. The fourth-order valence-electron chi connectivity index (χ4n) is 2.38. The molecule has 1 aliphatic carbocycles. The minimum atomic E-state index is 0.339. The van der Waals surface area contributed by atoms with Crippen molar-refractivity contribution in [3.05, 3.63) is 29.8 Å². The van der Waals surface area contributed by atoms with E-state index in [1.54, 1.807) is 6.07 Å². The number of nitrogens with zero attached hydrogens (tertiary/aromatic N) is 3. The van der Waals surface area contributed by atoms with Crippen molar-refractivity contribution in [3.8, 4) is 11.3 Å². The van der Waals surface area contributed by atoms with E-state index in [2.05, 4.69) is 10.00 Å². The Labute approximate surface area is 98.7 Å². The summed E-state index contributed by atoms with van der Waals surface area (Å²) in [5.74, 6) is 0. The van der Waals surface area contributed by atoms with Gasteiger partial charge < -0.3 is 10.1 Å². The van der Waals surface area contributed by atoms with Gasteiger partial charge in [-0.25, -0.2) is 0 Å². The van der Waals surface area contributed by atoms with Crippen molar-refractivity contribution in [1.82, 2.24) is 9.94 Å². The van der Waals surface area contributed by atoms with Crippen LogP contribution >= 0.6 is 0 Å². The first-order valence-corrected chi connectivity index (χ1v) is 5.77. The summed E-state index contributed by atoms with van der Waals surface area (Å²) in [7, 11) is 0. The predicted molar refractivity (Wildman–Crippen MR) is 63.3 cm³/mol. The normalized spacial score (nSPS) is 15.6. The molecule has 0 aromatic heterocycles. The molecule has 0 radical (unpaired) electrons. The van der Waals surface area contributed by atoms with Gasteiger partial charge in [-0.15, -0.1) is 9.94 Å². The van der Waals surface area contributed by atoms with Crippen LogP contribution in [0, 0.1) is 5.41 Å². The molecule has 0 aromatic carbocycles. The Bertz CT molecular complexity index is 571. The number of nitrogens with one attached hydrogen (secondary N) is 1. The van der Waals surface area contributed by atoms with E-state index in [1.807, 2.05) is 12.1 Å². The number of hydrogen-bond acceptors (Lipinski definition) is 4. The average molecular weight is 230 g/mol. The number of fused-ring (bicyclic) bond motifs is 1. The molecule has 3 rings (SSSR count). The molecule has 5 nitrogen and oxygen atoms in total. The molecule has 0 saturated carbocycles. The second-order valence-corrected chi connectivity index (χ2v) is 4.32. The molecule has 0 bridgehead atoms. The van der Waals surface area contributed by atoms with E-state index < -0.39 is 0 Å². The second-order valence-electron chi connectivity index (χ2n) is 4.32. The van der Waals surface area contributed by atoms with E-state index in [9.17, 15) is 5.21 Å². The fourth-order valence-corrected chi connectivity index (χ4v) is 2.38. The molecule has 1 fully saturated rings. The summed E-state index contributed by atoms with van der Waals surface area (Å²) in [6.07, 6.45) is 3.93. The van der Waals surface area contributed by atoms with Crippen LogP contribution in [-0.4, -0.2) is 28.2 Å². The van der Waals surface area contributed by atoms with Crippen molar-refractivity contribution in [3.63, 3.8) is 0 Å². The van der Waals surface area contributed by atoms with Crippen LogP contribution in [0.3, 0.4) is 0 Å². The fraction of sp³-hybridized carbons (Fsp3) is 0.333. The summed E-state index contributed by atoms with van der Waals surface area (Å²) in [5, 5.41) is 21.4. The summed E-state index contributed by atoms with van der Waals surface area (Å²) in [5.41, 5.74) is 2.59. The van der Waals surface area contributed by atoms with Crippen LogP contribution in [0.5, 0.6) is 0 Å². The zero-order chi connectivity index (χ0) is 11.8. The van der Waals surface area contributed by atoms with Gasteiger partial charge in [0.15, 0.2) is 0 Å². The van der Waals surface area contributed by atoms with Crippen molar-refractivity contribution < 1.29 is 5.21 Å². The van der Waals surface area contributed by atoms with Gasteiger partial charge in [0.2, 0.25) is 0 Å². The molecule has 2 N–H and O–H groups in total. The summed E-state index contributed by atoms with van der Waals surface area (Å²) in [4.78, 5) is 3.07. The van der Waals surface area contributed by atoms with Crippen LogP contribution in [0.1, 0.15) is 12.8 Å². The number of aromatic nitrogens is 2. The zero-order valence-corrected chi connectivity index (χ0v) is 9.43. The maximum atomic E-state index is 9.32. The van der Waals surface area contributed by atoms with Gasteiger partial charge in [-0.3, -0.25) is 5.41 Å². The monoisotopic (exact) mass is 230 g/mol. The molecule has 88 valence electrons. The molecule has 0 aromatic rings. The quantitative estimate of drug-likeness (QED) is 0.726. The Hall–Kier alpha value is -2.04. The Balaban J connectivity index is 2.20. The lowest BCUT2D eigenvalue weighted by Crippen LogP contribution is -2.21. The smallest absolute Gasteiger partial charge is 0.121 e. The van der Waals surface area contributed by atoms with E-state index in [0.29, 0.717) is 11.1 Å². The van der Waals surface area contributed by atoms with Crippen molar-refractivity contribution in [2.45, 2.75) is 12.8 Å². The Morgan fingerprint density at radius 2 is 1.94 bits per heavy atom. The van der Waals surface area contributed by atoms with Crippen molar-refractivity contribution in [2.24, 2.45) is 0 Å². The van der Waals surface area contributed by atoms with Crippen LogP contribution in [0.25, 0.3) is 11.3 Å². The van der Waals surface area contributed by atoms with Crippen LogP contribution < -0.4 is 10.3 Å². The van der Waals surface area contributed by atoms with Crippen molar-refractivity contribution in [2.75, 3.05) is 18.0 Å². The van der Waals surface area contributed by atoms with Crippen LogP contribution in [0.2, 0.25) is 0 Å². The minimum absolute atomic E-state index is 0.339. The largest absolute Gasteiger partial charge is 0.412 e. The number of benzene rings is 1. The minimum Gasteiger partial charge on any atom is -0.412 e. The van der Waals surface area contributed by atoms with Gasteiger partial charge >= 0.3 is 0 Å². The Morgan fingerprint density at radius 1 is 1.18 bits per heavy atom. The Morgan fingerprint density at radius 3 is 2.71 bits per heavy atom. The topological polar surface area (TPSA) is 65.1 Å². The van der Waals surface area contributed by atoms with Crippen LogP contribution in [0.4, 0.5) is 5.69 Å². The lowest BCUT2D eigenvalue weighted by atomic mass is 10.1. The first-order chi connectivity index (χ1) is 8.25. The molecule has 1 saturated heterocycles. The third-order valence-electron chi connectivity index (χ3n) is 3.22. The van der Waals surface area contributed by atoms with Gasteiger partial charge in [0, 0.05) is 24.3 Å². The third-order valence-corrected chi connectivity index (χ3v) is 3.22. The molecule has 0 atom stereocenters. The van der Waals surface area contributed by atoms with Gasteiger partial charge in [0.05, 0.1) is 11.6 Å². The predicted octanol–water partition coefficient (Wildman–Crippen LogP) is 1.30. The average Bonchev–Trinajstić information content (AvgIpc) is 2.84.